The molecule has 0 saturated heterocycles. The van der Waals surface area contributed by atoms with Crippen LogP contribution in [0.5, 0.6) is 0 Å². The topological polar surface area (TPSA) is 56.3 Å². The van der Waals surface area contributed by atoms with Gasteiger partial charge in [-0.15, -0.1) is 0 Å². The molecule has 0 radical (unpaired) electrons. The van der Waals surface area contributed by atoms with Crippen LogP contribution >= 0.6 is 0 Å². The summed E-state index contributed by atoms with van der Waals surface area (Å²) < 4.78 is 5.68. The Balaban J connectivity index is 2.21. The first-order valence-corrected chi connectivity index (χ1v) is 5.47. The Morgan fingerprint density at radius 1 is 1.06 bits per heavy atom. The molecule has 0 bridgehead atoms. The van der Waals surface area contributed by atoms with E-state index in [0.717, 1.165) is 33.7 Å². The highest BCUT2D eigenvalue weighted by atomic mass is 16.6. The number of para-hydroxylation sites is 1. The highest BCUT2D eigenvalue weighted by Gasteiger charge is 2.05. The van der Waals surface area contributed by atoms with Crippen LogP contribution in [0.3, 0.4) is 0 Å². The van der Waals surface area contributed by atoms with Crippen LogP contribution in [0.25, 0.3) is 28.0 Å². The minimum Gasteiger partial charge on any atom is -0.456 e. The lowest BCUT2D eigenvalue weighted by atomic mass is 10.1. The predicted octanol–water partition coefficient (Wildman–Crippen LogP) is 3.83. The van der Waals surface area contributed by atoms with Gasteiger partial charge in [-0.3, -0.25) is 10.1 Å². The van der Waals surface area contributed by atoms with Crippen LogP contribution in [0.1, 0.15) is 5.56 Å². The number of rotatable bonds is 2. The van der Waals surface area contributed by atoms with Crippen molar-refractivity contribution in [2.45, 2.75) is 0 Å². The molecule has 0 atom stereocenters. The zero-order valence-electron chi connectivity index (χ0n) is 9.37. The van der Waals surface area contributed by atoms with E-state index < -0.39 is 4.92 Å². The Labute approximate surface area is 102 Å². The molecule has 4 heteroatoms. The summed E-state index contributed by atoms with van der Waals surface area (Å²) in [5.41, 5.74) is 2.39. The van der Waals surface area contributed by atoms with Gasteiger partial charge in [0, 0.05) is 16.8 Å². The lowest BCUT2D eigenvalue weighted by Crippen LogP contribution is -1.82. The Bertz CT molecular complexity index is 771. The summed E-state index contributed by atoms with van der Waals surface area (Å²) in [5.74, 6) is 0. The van der Waals surface area contributed by atoms with Crippen LogP contribution in [-0.4, -0.2) is 4.92 Å². The Hall–Kier alpha value is -2.62. The molecule has 0 aliphatic carbocycles. The normalized spacial score (nSPS) is 11.6. The lowest BCUT2D eigenvalue weighted by Gasteiger charge is -1.92. The number of fused-ring (bicyclic) bond motifs is 3. The average Bonchev–Trinajstić information content (AvgIpc) is 2.74. The molecule has 3 aromatic rings. The summed E-state index contributed by atoms with van der Waals surface area (Å²) in [6.07, 6.45) is 2.41. The van der Waals surface area contributed by atoms with Gasteiger partial charge in [-0.25, -0.2) is 0 Å². The van der Waals surface area contributed by atoms with Crippen molar-refractivity contribution in [2.24, 2.45) is 0 Å². The number of nitro groups is 1. The van der Waals surface area contributed by atoms with Gasteiger partial charge < -0.3 is 4.42 Å². The van der Waals surface area contributed by atoms with Crippen molar-refractivity contribution in [1.29, 1.82) is 0 Å². The van der Waals surface area contributed by atoms with Crippen molar-refractivity contribution in [3.8, 4) is 0 Å². The summed E-state index contributed by atoms with van der Waals surface area (Å²) >= 11 is 0. The molecule has 0 unspecified atom stereocenters. The first kappa shape index (κ1) is 10.5. The average molecular weight is 239 g/mol. The van der Waals surface area contributed by atoms with Gasteiger partial charge in [0.15, 0.2) is 0 Å². The van der Waals surface area contributed by atoms with Crippen molar-refractivity contribution in [2.75, 3.05) is 0 Å². The molecule has 0 aliphatic heterocycles. The van der Waals surface area contributed by atoms with E-state index in [9.17, 15) is 10.1 Å². The van der Waals surface area contributed by atoms with E-state index >= 15 is 0 Å². The molecular weight excluding hydrogens is 230 g/mol. The molecule has 0 amide bonds. The molecular formula is C14H9NO3. The maximum Gasteiger partial charge on any atom is 0.235 e. The third-order valence-corrected chi connectivity index (χ3v) is 2.79. The van der Waals surface area contributed by atoms with Gasteiger partial charge in [0.05, 0.1) is 4.92 Å². The highest BCUT2D eigenvalue weighted by molar-refractivity contribution is 6.05. The molecule has 88 valence electrons. The van der Waals surface area contributed by atoms with E-state index in [1.165, 1.54) is 6.08 Å². The highest BCUT2D eigenvalue weighted by Crippen LogP contribution is 2.29. The van der Waals surface area contributed by atoms with Gasteiger partial charge in [-0.05, 0) is 23.8 Å². The van der Waals surface area contributed by atoms with Crippen LogP contribution < -0.4 is 0 Å². The van der Waals surface area contributed by atoms with Crippen molar-refractivity contribution >= 4 is 28.0 Å². The van der Waals surface area contributed by atoms with E-state index in [1.54, 1.807) is 6.07 Å². The van der Waals surface area contributed by atoms with Crippen molar-refractivity contribution in [3.63, 3.8) is 0 Å². The van der Waals surface area contributed by atoms with Crippen LogP contribution in [0.15, 0.2) is 53.1 Å². The third kappa shape index (κ3) is 1.73. The fourth-order valence-corrected chi connectivity index (χ4v) is 1.99. The van der Waals surface area contributed by atoms with Crippen molar-refractivity contribution < 1.29 is 9.34 Å². The summed E-state index contributed by atoms with van der Waals surface area (Å²) in [7, 11) is 0. The maximum absolute atomic E-state index is 10.3. The quantitative estimate of drug-likeness (QED) is 0.504. The van der Waals surface area contributed by atoms with Crippen LogP contribution in [-0.2, 0) is 0 Å². The molecule has 2 aromatic carbocycles. The van der Waals surface area contributed by atoms with E-state index in [4.69, 9.17) is 4.42 Å². The first-order valence-electron chi connectivity index (χ1n) is 5.47. The first-order chi connectivity index (χ1) is 8.74. The van der Waals surface area contributed by atoms with Gasteiger partial charge in [0.25, 0.3) is 0 Å². The monoisotopic (exact) mass is 239 g/mol. The predicted molar refractivity (Wildman–Crippen MR) is 69.7 cm³/mol. The van der Waals surface area contributed by atoms with E-state index in [1.807, 2.05) is 36.4 Å². The van der Waals surface area contributed by atoms with Gasteiger partial charge in [-0.2, -0.15) is 0 Å². The Morgan fingerprint density at radius 3 is 2.67 bits per heavy atom. The molecule has 0 saturated carbocycles. The second-order valence-electron chi connectivity index (χ2n) is 3.95. The molecule has 0 fully saturated rings. The SMILES string of the molecule is O=[N+]([O-])/C=C/c1ccc2oc3ccccc3c2c1. The third-order valence-electron chi connectivity index (χ3n) is 2.79. The van der Waals surface area contributed by atoms with E-state index in [2.05, 4.69) is 0 Å². The smallest absolute Gasteiger partial charge is 0.235 e. The lowest BCUT2D eigenvalue weighted by molar-refractivity contribution is -0.400. The summed E-state index contributed by atoms with van der Waals surface area (Å²) in [6.45, 7) is 0. The Kier molecular flexibility index (Phi) is 2.34. The van der Waals surface area contributed by atoms with Gasteiger partial charge >= 0.3 is 0 Å². The van der Waals surface area contributed by atoms with Gasteiger partial charge in [0.2, 0.25) is 6.20 Å². The van der Waals surface area contributed by atoms with Crippen molar-refractivity contribution in [1.82, 2.24) is 0 Å². The molecule has 0 spiro atoms. The molecule has 3 rings (SSSR count). The summed E-state index contributed by atoms with van der Waals surface area (Å²) in [5, 5.41) is 12.3. The second kappa shape index (κ2) is 4.00. The maximum atomic E-state index is 10.3. The number of benzene rings is 2. The zero-order valence-corrected chi connectivity index (χ0v) is 9.37. The standard InChI is InChI=1S/C14H9NO3/c16-15(17)8-7-10-5-6-14-12(9-10)11-3-1-2-4-13(11)18-14/h1-9H/b8-7+. The molecule has 0 N–H and O–H groups in total. The molecule has 0 aliphatic rings. The van der Waals surface area contributed by atoms with Crippen LogP contribution in [0, 0.1) is 10.1 Å². The zero-order chi connectivity index (χ0) is 12.5. The van der Waals surface area contributed by atoms with Gasteiger partial charge in [-0.1, -0.05) is 24.3 Å². The fourth-order valence-electron chi connectivity index (χ4n) is 1.99. The van der Waals surface area contributed by atoms with Crippen LogP contribution in [0.2, 0.25) is 0 Å². The molecule has 4 nitrogen and oxygen atoms in total. The molecule has 1 aromatic heterocycles. The minimum absolute atomic E-state index is 0.475. The number of hydrogen-bond donors (Lipinski definition) is 0. The molecule has 18 heavy (non-hydrogen) atoms. The second-order valence-corrected chi connectivity index (χ2v) is 3.95. The number of furan rings is 1. The Morgan fingerprint density at radius 2 is 1.83 bits per heavy atom. The summed E-state index contributed by atoms with van der Waals surface area (Å²) in [4.78, 5) is 9.82. The van der Waals surface area contributed by atoms with Crippen LogP contribution in [0.4, 0.5) is 0 Å². The molecule has 1 heterocycles. The number of hydrogen-bond acceptors (Lipinski definition) is 3. The minimum atomic E-state index is -0.475. The van der Waals surface area contributed by atoms with Gasteiger partial charge in [0.1, 0.15) is 11.2 Å². The largest absolute Gasteiger partial charge is 0.456 e. The fraction of sp³-hybridized carbons (Fsp3) is 0. The number of nitrogens with zero attached hydrogens (tertiary/aromatic N) is 1. The summed E-state index contributed by atoms with van der Waals surface area (Å²) in [6, 6.07) is 13.2. The van der Waals surface area contributed by atoms with Crippen molar-refractivity contribution in [3.05, 3.63) is 64.3 Å². The van der Waals surface area contributed by atoms with E-state index in [0.29, 0.717) is 0 Å². The van der Waals surface area contributed by atoms with E-state index in [-0.39, 0.29) is 0 Å².